The van der Waals surface area contributed by atoms with E-state index in [1.165, 1.54) is 0 Å². The lowest BCUT2D eigenvalue weighted by molar-refractivity contribution is -0.683. The zero-order valence-corrected chi connectivity index (χ0v) is 11.7. The third-order valence-corrected chi connectivity index (χ3v) is 2.80. The van der Waals surface area contributed by atoms with Crippen LogP contribution >= 0.6 is 0 Å². The van der Waals surface area contributed by atoms with Crippen molar-refractivity contribution in [2.45, 2.75) is 6.54 Å². The maximum absolute atomic E-state index is 12.1. The van der Waals surface area contributed by atoms with Gasteiger partial charge in [-0.2, -0.15) is 4.57 Å². The van der Waals surface area contributed by atoms with E-state index in [0.717, 1.165) is 11.0 Å². The molecule has 3 aromatic rings. The topological polar surface area (TPSA) is 34.1 Å². The highest BCUT2D eigenvalue weighted by Crippen LogP contribution is 2.18. The van der Waals surface area contributed by atoms with Crippen LogP contribution in [0.2, 0.25) is 0 Å². The van der Waals surface area contributed by atoms with Crippen molar-refractivity contribution in [2.75, 3.05) is 0 Å². The van der Waals surface area contributed by atoms with Gasteiger partial charge in [0.25, 0.3) is 5.78 Å². The zero-order chi connectivity index (χ0) is 12.4. The summed E-state index contributed by atoms with van der Waals surface area (Å²) in [6.45, 7) is 0.292. The second kappa shape index (κ2) is 5.80. The summed E-state index contributed by atoms with van der Waals surface area (Å²) < 4.78 is 7.37. The van der Waals surface area contributed by atoms with E-state index in [1.54, 1.807) is 6.07 Å². The molecule has 0 bridgehead atoms. The molecule has 1 aromatic carbocycles. The number of Topliss-reactive ketones (excluding diaryl/α,β-unsaturated/α-hetero) is 1. The Hall–Kier alpha value is -1.94. The molecule has 96 valence electrons. The minimum absolute atomic E-state index is 0. The van der Waals surface area contributed by atoms with Crippen molar-refractivity contribution in [3.8, 4) is 0 Å². The summed E-state index contributed by atoms with van der Waals surface area (Å²) in [5, 5.41) is 0.957. The number of pyridine rings is 1. The van der Waals surface area contributed by atoms with E-state index in [1.807, 2.05) is 59.4 Å². The molecule has 0 saturated heterocycles. The number of fused-ring (bicyclic) bond motifs is 1. The molecule has 2 aromatic heterocycles. The molecular weight excluding hydrogens is 306 g/mol. The first-order valence-electron chi connectivity index (χ1n) is 5.79. The van der Waals surface area contributed by atoms with Gasteiger partial charge in [-0.3, -0.25) is 4.79 Å². The second-order valence-corrected chi connectivity index (χ2v) is 4.12. The maximum atomic E-state index is 12.1. The Kier molecular flexibility index (Phi) is 4.12. The third kappa shape index (κ3) is 2.90. The molecule has 0 spiro atoms. The van der Waals surface area contributed by atoms with E-state index < -0.39 is 0 Å². The summed E-state index contributed by atoms with van der Waals surface area (Å²) in [6.07, 6.45) is 3.72. The Labute approximate surface area is 121 Å². The van der Waals surface area contributed by atoms with Crippen LogP contribution in [0, 0.1) is 0 Å². The summed E-state index contributed by atoms with van der Waals surface area (Å²) in [4.78, 5) is 12.1. The van der Waals surface area contributed by atoms with E-state index in [0.29, 0.717) is 12.3 Å². The van der Waals surface area contributed by atoms with Gasteiger partial charge in [0.1, 0.15) is 5.58 Å². The highest BCUT2D eigenvalue weighted by atomic mass is 79.9. The van der Waals surface area contributed by atoms with Crippen LogP contribution in [-0.2, 0) is 6.54 Å². The molecule has 0 aliphatic heterocycles. The van der Waals surface area contributed by atoms with Crippen molar-refractivity contribution < 1.29 is 30.8 Å². The lowest BCUT2D eigenvalue weighted by Gasteiger charge is -1.93. The Bertz CT molecular complexity index is 658. The number of hydrogen-bond donors (Lipinski definition) is 0. The molecule has 2 heterocycles. The Morgan fingerprint density at radius 3 is 2.53 bits per heavy atom. The SMILES string of the molecule is O=C(C[n+]1ccccc1)c1cc2ccccc2o1.[Br-]. The van der Waals surface area contributed by atoms with Gasteiger partial charge in [-0.05, 0) is 12.1 Å². The highest BCUT2D eigenvalue weighted by Gasteiger charge is 2.16. The van der Waals surface area contributed by atoms with Gasteiger partial charge in [-0.1, -0.05) is 24.3 Å². The predicted octanol–water partition coefficient (Wildman–Crippen LogP) is -0.393. The number of halogens is 1. The van der Waals surface area contributed by atoms with Crippen molar-refractivity contribution in [3.63, 3.8) is 0 Å². The van der Waals surface area contributed by atoms with Gasteiger partial charge < -0.3 is 21.4 Å². The summed E-state index contributed by atoms with van der Waals surface area (Å²) in [6, 6.07) is 15.1. The van der Waals surface area contributed by atoms with Crippen molar-refractivity contribution in [2.24, 2.45) is 0 Å². The maximum Gasteiger partial charge on any atom is 0.262 e. The van der Waals surface area contributed by atoms with Crippen molar-refractivity contribution in [1.82, 2.24) is 0 Å². The number of nitrogens with zero attached hydrogens (tertiary/aromatic N) is 1. The number of rotatable bonds is 3. The number of carbonyl (C=O) groups excluding carboxylic acids is 1. The lowest BCUT2D eigenvalue weighted by atomic mass is 10.2. The first-order valence-corrected chi connectivity index (χ1v) is 5.79. The molecule has 0 atom stereocenters. The number of aromatic nitrogens is 1. The molecule has 0 N–H and O–H groups in total. The van der Waals surface area contributed by atoms with E-state index in [-0.39, 0.29) is 22.8 Å². The number of para-hydroxylation sites is 1. The summed E-state index contributed by atoms with van der Waals surface area (Å²) in [5.41, 5.74) is 0.749. The molecule has 3 nitrogen and oxygen atoms in total. The van der Waals surface area contributed by atoms with Crippen molar-refractivity contribution in [1.29, 1.82) is 0 Å². The van der Waals surface area contributed by atoms with E-state index in [2.05, 4.69) is 0 Å². The quantitative estimate of drug-likeness (QED) is 0.487. The second-order valence-electron chi connectivity index (χ2n) is 4.12. The summed E-state index contributed by atoms with van der Waals surface area (Å²) >= 11 is 0. The molecule has 0 unspecified atom stereocenters. The summed E-state index contributed by atoms with van der Waals surface area (Å²) in [5.74, 6) is 0.384. The van der Waals surface area contributed by atoms with Gasteiger partial charge in [0, 0.05) is 17.5 Å². The molecule has 3 rings (SSSR count). The molecule has 0 amide bonds. The van der Waals surface area contributed by atoms with Crippen LogP contribution < -0.4 is 21.5 Å². The van der Waals surface area contributed by atoms with Crippen LogP contribution in [0.1, 0.15) is 10.6 Å². The predicted molar refractivity (Wildman–Crippen MR) is 67.2 cm³/mol. The molecule has 0 fully saturated rings. The fourth-order valence-corrected chi connectivity index (χ4v) is 1.90. The molecule has 0 aliphatic rings. The van der Waals surface area contributed by atoms with Gasteiger partial charge >= 0.3 is 0 Å². The van der Waals surface area contributed by atoms with Gasteiger partial charge in [0.15, 0.2) is 18.2 Å². The number of carbonyl (C=O) groups is 1. The fraction of sp³-hybridized carbons (Fsp3) is 0.0667. The lowest BCUT2D eigenvalue weighted by Crippen LogP contribution is -3.00. The third-order valence-electron chi connectivity index (χ3n) is 2.80. The molecular formula is C15H12BrNO2. The van der Waals surface area contributed by atoms with Crippen molar-refractivity contribution >= 4 is 16.8 Å². The summed E-state index contributed by atoms with van der Waals surface area (Å²) in [7, 11) is 0. The number of furan rings is 1. The first kappa shape index (κ1) is 13.5. The number of ketones is 1. The van der Waals surface area contributed by atoms with Crippen LogP contribution in [0.25, 0.3) is 11.0 Å². The molecule has 4 heteroatoms. The monoisotopic (exact) mass is 317 g/mol. The van der Waals surface area contributed by atoms with E-state index in [4.69, 9.17) is 4.42 Å². The van der Waals surface area contributed by atoms with Crippen LogP contribution in [0.3, 0.4) is 0 Å². The number of benzene rings is 1. The van der Waals surface area contributed by atoms with Crippen LogP contribution in [0.15, 0.2) is 65.3 Å². The Morgan fingerprint density at radius 1 is 1.05 bits per heavy atom. The molecule has 0 aliphatic carbocycles. The van der Waals surface area contributed by atoms with Gasteiger partial charge in [-0.25, -0.2) is 0 Å². The van der Waals surface area contributed by atoms with E-state index in [9.17, 15) is 4.79 Å². The normalized spacial score (nSPS) is 10.1. The fourth-order valence-electron chi connectivity index (χ4n) is 1.90. The Morgan fingerprint density at radius 2 is 1.79 bits per heavy atom. The highest BCUT2D eigenvalue weighted by molar-refractivity contribution is 5.96. The average Bonchev–Trinajstić information content (AvgIpc) is 2.84. The minimum atomic E-state index is -0.0256. The van der Waals surface area contributed by atoms with Crippen LogP contribution in [-0.4, -0.2) is 5.78 Å². The van der Waals surface area contributed by atoms with E-state index >= 15 is 0 Å². The smallest absolute Gasteiger partial charge is 0.262 e. The average molecular weight is 318 g/mol. The molecule has 0 radical (unpaired) electrons. The largest absolute Gasteiger partial charge is 1.00 e. The molecule has 0 saturated carbocycles. The van der Waals surface area contributed by atoms with Gasteiger partial charge in [0.05, 0.1) is 0 Å². The Balaban J connectivity index is 0.00000133. The van der Waals surface area contributed by atoms with Gasteiger partial charge in [-0.15, -0.1) is 0 Å². The van der Waals surface area contributed by atoms with Crippen LogP contribution in [0.5, 0.6) is 0 Å². The van der Waals surface area contributed by atoms with Crippen LogP contribution in [0.4, 0.5) is 0 Å². The standard InChI is InChI=1S/C15H12NO2.BrH/c17-13(11-16-8-4-1-5-9-16)15-10-12-6-2-3-7-14(12)18-15;/h1-10H,11H2;1H/q+1;/p-1. The molecule has 19 heavy (non-hydrogen) atoms. The van der Waals surface area contributed by atoms with Crippen molar-refractivity contribution in [3.05, 3.63) is 66.7 Å². The van der Waals surface area contributed by atoms with Gasteiger partial charge in [0.2, 0.25) is 6.54 Å². The minimum Gasteiger partial charge on any atom is -1.00 e. The number of hydrogen-bond acceptors (Lipinski definition) is 2. The zero-order valence-electron chi connectivity index (χ0n) is 10.1. The first-order chi connectivity index (χ1) is 8.83.